The van der Waals surface area contributed by atoms with Gasteiger partial charge in [0, 0.05) is 29.6 Å². The zero-order valence-electron chi connectivity index (χ0n) is 19.8. The smallest absolute Gasteiger partial charge is 0.337 e. The van der Waals surface area contributed by atoms with Gasteiger partial charge in [-0.05, 0) is 62.4 Å². The number of phenols is 1. The van der Waals surface area contributed by atoms with Crippen molar-refractivity contribution in [1.82, 2.24) is 9.55 Å². The molecule has 0 spiro atoms. The zero-order valence-corrected chi connectivity index (χ0v) is 20.6. The molecule has 0 aliphatic heterocycles. The maximum atomic E-state index is 11.7. The molecule has 2 heterocycles. The van der Waals surface area contributed by atoms with Crippen LogP contribution in [0.15, 0.2) is 35.7 Å². The molecule has 1 aliphatic rings. The predicted octanol–water partition coefficient (Wildman–Crippen LogP) is 5.84. The third kappa shape index (κ3) is 6.47. The van der Waals surface area contributed by atoms with Crippen LogP contribution in [-0.4, -0.2) is 31.6 Å². The number of carbonyl (C=O) groups is 2. The standard InChI is InChI=1S/C22H24N2O3S.C4H9NO/c1-14-18(22(26)27)11-20(24(14)12-15-5-3-2-4-6-15)19-13-28-21(23-19)16-7-9-17(25)10-8-16;1-2-3-4(5)6/h7-11,13,15,25H,2-6,12H2,1H3,(H,26,27);2-3H2,1H3,(H2,5,6). The number of hydrogen-bond donors (Lipinski definition) is 3. The number of primary amides is 1. The number of nitrogens with two attached hydrogens (primary N) is 1. The van der Waals surface area contributed by atoms with Gasteiger partial charge in [-0.3, -0.25) is 4.79 Å². The van der Waals surface area contributed by atoms with E-state index >= 15 is 0 Å². The predicted molar refractivity (Wildman–Crippen MR) is 135 cm³/mol. The lowest BCUT2D eigenvalue weighted by molar-refractivity contribution is -0.118. The summed E-state index contributed by atoms with van der Waals surface area (Å²) in [5.74, 6) is -0.285. The van der Waals surface area contributed by atoms with Crippen LogP contribution in [0.3, 0.4) is 0 Å². The Morgan fingerprint density at radius 3 is 2.41 bits per heavy atom. The van der Waals surface area contributed by atoms with Crippen molar-refractivity contribution in [3.05, 3.63) is 47.0 Å². The summed E-state index contributed by atoms with van der Waals surface area (Å²) < 4.78 is 2.15. The lowest BCUT2D eigenvalue weighted by Crippen LogP contribution is -2.16. The summed E-state index contributed by atoms with van der Waals surface area (Å²) in [7, 11) is 0. The van der Waals surface area contributed by atoms with E-state index in [9.17, 15) is 19.8 Å². The molecule has 0 atom stereocenters. The molecule has 8 heteroatoms. The van der Waals surface area contributed by atoms with Crippen LogP contribution in [0.1, 0.15) is 67.9 Å². The van der Waals surface area contributed by atoms with E-state index in [0.29, 0.717) is 17.9 Å². The minimum Gasteiger partial charge on any atom is -0.508 e. The van der Waals surface area contributed by atoms with Crippen LogP contribution in [-0.2, 0) is 11.3 Å². The molecule has 1 aromatic carbocycles. The van der Waals surface area contributed by atoms with E-state index < -0.39 is 5.97 Å². The highest BCUT2D eigenvalue weighted by molar-refractivity contribution is 7.13. The summed E-state index contributed by atoms with van der Waals surface area (Å²) in [5, 5.41) is 21.9. The number of aromatic carboxylic acids is 1. The highest BCUT2D eigenvalue weighted by atomic mass is 32.1. The van der Waals surface area contributed by atoms with Gasteiger partial charge in [-0.25, -0.2) is 9.78 Å². The summed E-state index contributed by atoms with van der Waals surface area (Å²) in [4.78, 5) is 26.3. The Morgan fingerprint density at radius 2 is 1.85 bits per heavy atom. The van der Waals surface area contributed by atoms with Gasteiger partial charge in [0.05, 0.1) is 17.0 Å². The lowest BCUT2D eigenvalue weighted by atomic mass is 9.89. The Labute approximate surface area is 204 Å². The third-order valence-corrected chi connectivity index (χ3v) is 7.03. The van der Waals surface area contributed by atoms with Crippen LogP contribution < -0.4 is 5.73 Å². The summed E-state index contributed by atoms with van der Waals surface area (Å²) >= 11 is 1.53. The molecule has 3 aromatic rings. The second-order valence-electron chi connectivity index (χ2n) is 8.75. The first kappa shape index (κ1) is 25.5. The molecule has 7 nitrogen and oxygen atoms in total. The third-order valence-electron chi connectivity index (χ3n) is 6.14. The summed E-state index contributed by atoms with van der Waals surface area (Å²) in [6.45, 7) is 4.66. The molecule has 4 rings (SSSR count). The summed E-state index contributed by atoms with van der Waals surface area (Å²) in [6.07, 6.45) is 7.60. The second-order valence-corrected chi connectivity index (χ2v) is 9.61. The average Bonchev–Trinajstić information content (AvgIpc) is 3.41. The Kier molecular flexibility index (Phi) is 8.87. The zero-order chi connectivity index (χ0) is 24.7. The minimum absolute atomic E-state index is 0.211. The van der Waals surface area contributed by atoms with Gasteiger partial charge in [0.25, 0.3) is 0 Å². The van der Waals surface area contributed by atoms with Crippen LogP contribution in [0.4, 0.5) is 0 Å². The van der Waals surface area contributed by atoms with Gasteiger partial charge in [0.15, 0.2) is 0 Å². The van der Waals surface area contributed by atoms with E-state index in [0.717, 1.165) is 40.6 Å². The van der Waals surface area contributed by atoms with E-state index in [4.69, 9.17) is 10.7 Å². The number of carboxylic acid groups (broad SMARTS) is 1. The number of carbonyl (C=O) groups excluding carboxylic acids is 1. The van der Waals surface area contributed by atoms with Gasteiger partial charge in [-0.2, -0.15) is 0 Å². The molecular weight excluding hydrogens is 450 g/mol. The van der Waals surface area contributed by atoms with Gasteiger partial charge in [0.1, 0.15) is 10.8 Å². The van der Waals surface area contributed by atoms with E-state index in [1.807, 2.05) is 31.4 Å². The van der Waals surface area contributed by atoms with Crippen molar-refractivity contribution in [2.24, 2.45) is 11.7 Å². The molecule has 4 N–H and O–H groups in total. The van der Waals surface area contributed by atoms with Crippen LogP contribution in [0.2, 0.25) is 0 Å². The molecule has 0 unspecified atom stereocenters. The first-order chi connectivity index (χ1) is 16.3. The van der Waals surface area contributed by atoms with E-state index in [1.54, 1.807) is 18.2 Å². The molecule has 1 amide bonds. The van der Waals surface area contributed by atoms with Crippen LogP contribution in [0, 0.1) is 12.8 Å². The van der Waals surface area contributed by atoms with Crippen molar-refractivity contribution in [1.29, 1.82) is 0 Å². The maximum absolute atomic E-state index is 11.7. The fraction of sp³-hybridized carbons (Fsp3) is 0.423. The van der Waals surface area contributed by atoms with Crippen molar-refractivity contribution in [3.63, 3.8) is 0 Å². The number of thiazole rings is 1. The van der Waals surface area contributed by atoms with Crippen molar-refractivity contribution in [2.75, 3.05) is 0 Å². The summed E-state index contributed by atoms with van der Waals surface area (Å²) in [6, 6.07) is 8.74. The molecule has 182 valence electrons. The highest BCUT2D eigenvalue weighted by Gasteiger charge is 2.23. The lowest BCUT2D eigenvalue weighted by Gasteiger charge is -2.24. The molecular formula is C26H33N3O4S. The number of hydrogen-bond acceptors (Lipinski definition) is 5. The molecule has 0 bridgehead atoms. The number of phenolic OH excluding ortho intramolecular Hbond substituents is 1. The van der Waals surface area contributed by atoms with Gasteiger partial charge >= 0.3 is 5.97 Å². The summed E-state index contributed by atoms with van der Waals surface area (Å²) in [5.41, 5.74) is 8.54. The Bertz CT molecular complexity index is 1110. The van der Waals surface area contributed by atoms with Gasteiger partial charge in [-0.15, -0.1) is 11.3 Å². The molecule has 1 aliphatic carbocycles. The number of rotatable bonds is 7. The quantitative estimate of drug-likeness (QED) is 0.390. The topological polar surface area (TPSA) is 118 Å². The fourth-order valence-electron chi connectivity index (χ4n) is 4.31. The molecule has 1 fully saturated rings. The molecule has 0 saturated heterocycles. The minimum atomic E-state index is -0.893. The average molecular weight is 484 g/mol. The first-order valence-electron chi connectivity index (χ1n) is 11.8. The Hall–Kier alpha value is -3.13. The van der Waals surface area contributed by atoms with E-state index in [2.05, 4.69) is 4.57 Å². The Morgan fingerprint density at radius 1 is 1.18 bits per heavy atom. The molecule has 34 heavy (non-hydrogen) atoms. The van der Waals surface area contributed by atoms with E-state index in [-0.39, 0.29) is 11.7 Å². The second kappa shape index (κ2) is 11.8. The number of benzene rings is 1. The largest absolute Gasteiger partial charge is 0.508 e. The normalized spacial score (nSPS) is 13.8. The number of nitrogens with zero attached hydrogens (tertiary/aromatic N) is 2. The van der Waals surface area contributed by atoms with Gasteiger partial charge in [-0.1, -0.05) is 26.2 Å². The van der Waals surface area contributed by atoms with Crippen LogP contribution in [0.25, 0.3) is 22.0 Å². The van der Waals surface area contributed by atoms with Crippen molar-refractivity contribution in [3.8, 4) is 27.7 Å². The number of carboxylic acids is 1. The van der Waals surface area contributed by atoms with E-state index in [1.165, 1.54) is 43.4 Å². The van der Waals surface area contributed by atoms with Crippen molar-refractivity contribution >= 4 is 23.2 Å². The van der Waals surface area contributed by atoms with Crippen molar-refractivity contribution < 1.29 is 19.8 Å². The molecule has 0 radical (unpaired) electrons. The molecule has 1 saturated carbocycles. The Balaban J connectivity index is 0.000000481. The van der Waals surface area contributed by atoms with Crippen LogP contribution >= 0.6 is 11.3 Å². The fourth-order valence-corrected chi connectivity index (χ4v) is 5.13. The number of amides is 1. The maximum Gasteiger partial charge on any atom is 0.337 e. The number of aromatic nitrogens is 2. The van der Waals surface area contributed by atoms with Crippen LogP contribution in [0.5, 0.6) is 5.75 Å². The molecule has 2 aromatic heterocycles. The highest BCUT2D eigenvalue weighted by Crippen LogP contribution is 2.34. The van der Waals surface area contributed by atoms with Crippen molar-refractivity contribution in [2.45, 2.75) is 65.3 Å². The SMILES string of the molecule is CCCC(N)=O.Cc1c(C(=O)O)cc(-c2csc(-c3ccc(O)cc3)n2)n1CC1CCCCC1. The monoisotopic (exact) mass is 483 g/mol. The van der Waals surface area contributed by atoms with Gasteiger partial charge in [0.2, 0.25) is 5.91 Å². The number of aromatic hydroxyl groups is 1. The van der Waals surface area contributed by atoms with Gasteiger partial charge < -0.3 is 20.5 Å². The first-order valence-corrected chi connectivity index (χ1v) is 12.6.